The molecule has 0 aromatic heterocycles. The van der Waals surface area contributed by atoms with E-state index in [4.69, 9.17) is 10.5 Å². The van der Waals surface area contributed by atoms with Gasteiger partial charge < -0.3 is 15.8 Å². The van der Waals surface area contributed by atoms with Gasteiger partial charge in [0.25, 0.3) is 0 Å². The van der Waals surface area contributed by atoms with Gasteiger partial charge in [-0.25, -0.2) is 0 Å². The van der Waals surface area contributed by atoms with Gasteiger partial charge >= 0.3 is 0 Å². The van der Waals surface area contributed by atoms with E-state index < -0.39 is 0 Å². The van der Waals surface area contributed by atoms with E-state index in [1.54, 1.807) is 7.11 Å². The summed E-state index contributed by atoms with van der Waals surface area (Å²) in [6, 6.07) is 16.2. The number of para-hydroxylation sites is 1. The van der Waals surface area contributed by atoms with E-state index in [1.165, 1.54) is 0 Å². The first-order valence-electron chi connectivity index (χ1n) is 6.87. The van der Waals surface area contributed by atoms with Crippen molar-refractivity contribution >= 4 is 5.91 Å². The lowest BCUT2D eigenvalue weighted by Crippen LogP contribution is -2.30. The molecule has 1 unspecified atom stereocenters. The monoisotopic (exact) mass is 284 g/mol. The maximum absolute atomic E-state index is 10.8. The highest BCUT2D eigenvalue weighted by Gasteiger charge is 2.08. The second-order valence-electron chi connectivity index (χ2n) is 4.89. The summed E-state index contributed by atoms with van der Waals surface area (Å²) in [6.07, 6.45) is 0. The number of amides is 1. The fourth-order valence-electron chi connectivity index (χ4n) is 2.21. The number of ether oxygens (including phenoxy) is 1. The minimum absolute atomic E-state index is 0.0734. The molecule has 0 saturated heterocycles. The summed E-state index contributed by atoms with van der Waals surface area (Å²) in [5, 5.41) is 3.08. The van der Waals surface area contributed by atoms with Gasteiger partial charge in [0.15, 0.2) is 0 Å². The van der Waals surface area contributed by atoms with E-state index in [-0.39, 0.29) is 18.5 Å². The molecule has 21 heavy (non-hydrogen) atoms. The van der Waals surface area contributed by atoms with Crippen LogP contribution in [0, 0.1) is 0 Å². The van der Waals surface area contributed by atoms with Gasteiger partial charge in [-0.05, 0) is 24.1 Å². The molecule has 0 bridgehead atoms. The summed E-state index contributed by atoms with van der Waals surface area (Å²) in [5.41, 5.74) is 8.40. The number of rotatable bonds is 6. The molecule has 2 rings (SSSR count). The highest BCUT2D eigenvalue weighted by Crippen LogP contribution is 2.30. The van der Waals surface area contributed by atoms with Crippen LogP contribution in [0.4, 0.5) is 0 Å². The number of carbonyl (C=O) groups is 1. The highest BCUT2D eigenvalue weighted by molar-refractivity contribution is 5.76. The molecule has 0 aliphatic carbocycles. The molecule has 110 valence electrons. The Morgan fingerprint density at radius 1 is 1.19 bits per heavy atom. The second kappa shape index (κ2) is 6.90. The summed E-state index contributed by atoms with van der Waals surface area (Å²) in [7, 11) is 1.67. The van der Waals surface area contributed by atoms with Crippen molar-refractivity contribution in [2.24, 2.45) is 5.73 Å². The summed E-state index contributed by atoms with van der Waals surface area (Å²) in [6.45, 7) is 2.18. The van der Waals surface area contributed by atoms with Crippen molar-refractivity contribution in [3.63, 3.8) is 0 Å². The second-order valence-corrected chi connectivity index (χ2v) is 4.89. The molecule has 3 N–H and O–H groups in total. The third-order valence-electron chi connectivity index (χ3n) is 3.41. The van der Waals surface area contributed by atoms with Crippen molar-refractivity contribution in [2.45, 2.75) is 13.0 Å². The Morgan fingerprint density at radius 3 is 2.48 bits per heavy atom. The minimum Gasteiger partial charge on any atom is -0.496 e. The predicted octanol–water partition coefficient (Wildman–Crippen LogP) is 2.50. The van der Waals surface area contributed by atoms with Crippen LogP contribution < -0.4 is 15.8 Å². The van der Waals surface area contributed by atoms with Crippen LogP contribution in [-0.2, 0) is 4.79 Å². The Hall–Kier alpha value is -2.33. The Kier molecular flexibility index (Phi) is 4.95. The van der Waals surface area contributed by atoms with Crippen molar-refractivity contribution in [3.05, 3.63) is 54.1 Å². The number of hydrogen-bond acceptors (Lipinski definition) is 3. The van der Waals surface area contributed by atoms with Crippen molar-refractivity contribution in [2.75, 3.05) is 13.7 Å². The molecule has 0 spiro atoms. The smallest absolute Gasteiger partial charge is 0.231 e. The fraction of sp³-hybridized carbons (Fsp3) is 0.235. The van der Waals surface area contributed by atoms with Crippen LogP contribution in [0.25, 0.3) is 11.1 Å². The predicted molar refractivity (Wildman–Crippen MR) is 84.0 cm³/mol. The maximum atomic E-state index is 10.8. The lowest BCUT2D eigenvalue weighted by atomic mass is 10.0. The summed E-state index contributed by atoms with van der Waals surface area (Å²) in [5.74, 6) is 0.498. The Balaban J connectivity index is 2.17. The zero-order valence-corrected chi connectivity index (χ0v) is 12.3. The molecule has 1 atom stereocenters. The fourth-order valence-corrected chi connectivity index (χ4v) is 2.21. The summed E-state index contributed by atoms with van der Waals surface area (Å²) in [4.78, 5) is 10.8. The average Bonchev–Trinajstić information content (AvgIpc) is 2.52. The van der Waals surface area contributed by atoms with Gasteiger partial charge in [0.05, 0.1) is 13.7 Å². The SMILES string of the molecule is COc1ccccc1-c1ccc(C(C)NCC(N)=O)cc1. The lowest BCUT2D eigenvalue weighted by molar-refractivity contribution is -0.117. The van der Waals surface area contributed by atoms with Gasteiger partial charge in [0.1, 0.15) is 5.75 Å². The molecule has 0 heterocycles. The van der Waals surface area contributed by atoms with Crippen LogP contribution in [0.15, 0.2) is 48.5 Å². The number of hydrogen-bond donors (Lipinski definition) is 2. The molecule has 1 amide bonds. The molecule has 0 aliphatic heterocycles. The highest BCUT2D eigenvalue weighted by atomic mass is 16.5. The number of nitrogens with one attached hydrogen (secondary N) is 1. The standard InChI is InChI=1S/C17H20N2O2/c1-12(19-11-17(18)20)13-7-9-14(10-8-13)15-5-3-4-6-16(15)21-2/h3-10,12,19H,11H2,1-2H3,(H2,18,20). The van der Waals surface area contributed by atoms with Crippen molar-refractivity contribution in [1.29, 1.82) is 0 Å². The maximum Gasteiger partial charge on any atom is 0.231 e. The largest absolute Gasteiger partial charge is 0.496 e. The topological polar surface area (TPSA) is 64.3 Å². The first-order valence-corrected chi connectivity index (χ1v) is 6.87. The Bertz CT molecular complexity index is 608. The van der Waals surface area contributed by atoms with Crippen LogP contribution in [0.5, 0.6) is 5.75 Å². The van der Waals surface area contributed by atoms with Gasteiger partial charge in [-0.3, -0.25) is 4.79 Å². The molecule has 0 radical (unpaired) electrons. The third-order valence-corrected chi connectivity index (χ3v) is 3.41. The summed E-state index contributed by atoms with van der Waals surface area (Å²) >= 11 is 0. The van der Waals surface area contributed by atoms with E-state index in [0.717, 1.165) is 22.4 Å². The van der Waals surface area contributed by atoms with E-state index >= 15 is 0 Å². The van der Waals surface area contributed by atoms with Crippen LogP contribution in [-0.4, -0.2) is 19.6 Å². The molecule has 2 aromatic carbocycles. The molecular weight excluding hydrogens is 264 g/mol. The Labute approximate surface area is 124 Å². The lowest BCUT2D eigenvalue weighted by Gasteiger charge is -2.14. The van der Waals surface area contributed by atoms with Gasteiger partial charge in [-0.1, -0.05) is 42.5 Å². The van der Waals surface area contributed by atoms with Crippen molar-refractivity contribution < 1.29 is 9.53 Å². The van der Waals surface area contributed by atoms with Gasteiger partial charge in [-0.15, -0.1) is 0 Å². The third kappa shape index (κ3) is 3.83. The number of benzene rings is 2. The molecule has 0 saturated carbocycles. The van der Waals surface area contributed by atoms with Crippen molar-refractivity contribution in [3.8, 4) is 16.9 Å². The zero-order chi connectivity index (χ0) is 15.2. The van der Waals surface area contributed by atoms with E-state index in [2.05, 4.69) is 17.4 Å². The van der Waals surface area contributed by atoms with Crippen LogP contribution >= 0.6 is 0 Å². The zero-order valence-electron chi connectivity index (χ0n) is 12.3. The van der Waals surface area contributed by atoms with Gasteiger partial charge in [0, 0.05) is 11.6 Å². The van der Waals surface area contributed by atoms with E-state index in [0.29, 0.717) is 0 Å². The van der Waals surface area contributed by atoms with Crippen LogP contribution in [0.2, 0.25) is 0 Å². The summed E-state index contributed by atoms with van der Waals surface area (Å²) < 4.78 is 5.38. The van der Waals surface area contributed by atoms with Crippen LogP contribution in [0.3, 0.4) is 0 Å². The number of carbonyl (C=O) groups excluding carboxylic acids is 1. The molecule has 0 fully saturated rings. The van der Waals surface area contributed by atoms with Crippen molar-refractivity contribution in [1.82, 2.24) is 5.32 Å². The van der Waals surface area contributed by atoms with Gasteiger partial charge in [0.2, 0.25) is 5.91 Å². The van der Waals surface area contributed by atoms with Gasteiger partial charge in [-0.2, -0.15) is 0 Å². The molecule has 4 heteroatoms. The minimum atomic E-state index is -0.354. The molecule has 2 aromatic rings. The normalized spacial score (nSPS) is 11.9. The first-order chi connectivity index (χ1) is 10.1. The average molecular weight is 284 g/mol. The van der Waals surface area contributed by atoms with Crippen LogP contribution in [0.1, 0.15) is 18.5 Å². The Morgan fingerprint density at radius 2 is 1.86 bits per heavy atom. The number of primary amides is 1. The molecule has 0 aliphatic rings. The quantitative estimate of drug-likeness (QED) is 0.856. The molecular formula is C17H20N2O2. The number of methoxy groups -OCH3 is 1. The number of nitrogens with two attached hydrogens (primary N) is 1. The molecule has 4 nitrogen and oxygen atoms in total. The van der Waals surface area contributed by atoms with E-state index in [1.807, 2.05) is 43.3 Å². The van der Waals surface area contributed by atoms with E-state index in [9.17, 15) is 4.79 Å². The first kappa shape index (κ1) is 15.1.